The summed E-state index contributed by atoms with van der Waals surface area (Å²) in [6.07, 6.45) is -1.17. The Bertz CT molecular complexity index is 933. The molecule has 2 N–H and O–H groups in total. The van der Waals surface area contributed by atoms with E-state index < -0.39 is 21.1 Å². The number of fused-ring (bicyclic) bond motifs is 1. The van der Waals surface area contributed by atoms with Crippen molar-refractivity contribution in [3.05, 3.63) is 62.1 Å². The first kappa shape index (κ1) is 16.9. The number of benzene rings is 2. The van der Waals surface area contributed by atoms with Crippen LogP contribution in [0, 0.1) is 10.1 Å². The van der Waals surface area contributed by atoms with Gasteiger partial charge in [-0.05, 0) is 29.8 Å². The summed E-state index contributed by atoms with van der Waals surface area (Å²) in [7, 11) is -4.23. The molecule has 0 saturated heterocycles. The van der Waals surface area contributed by atoms with Crippen molar-refractivity contribution in [3.8, 4) is 0 Å². The average molecular weight is 390 g/mol. The zero-order chi connectivity index (χ0) is 17.6. The molecule has 2 aromatic carbocycles. The van der Waals surface area contributed by atoms with E-state index in [2.05, 4.69) is 5.32 Å². The Labute approximate surface area is 146 Å². The summed E-state index contributed by atoms with van der Waals surface area (Å²) < 4.78 is 25.0. The van der Waals surface area contributed by atoms with Gasteiger partial charge in [0.2, 0.25) is 0 Å². The molecule has 11 heteroatoms. The third kappa shape index (κ3) is 2.70. The Morgan fingerprint density at radius 1 is 1.17 bits per heavy atom. The maximum atomic E-state index is 12.5. The number of rotatable bonds is 2. The van der Waals surface area contributed by atoms with E-state index >= 15 is 0 Å². The quantitative estimate of drug-likeness (QED) is 0.600. The molecule has 0 unspecified atom stereocenters. The van der Waals surface area contributed by atoms with Gasteiger partial charge in [0.15, 0.2) is 0 Å². The Morgan fingerprint density at radius 3 is 2.33 bits per heavy atom. The van der Waals surface area contributed by atoms with Gasteiger partial charge in [-0.1, -0.05) is 27.7 Å². The Kier molecular flexibility index (Phi) is 4.14. The summed E-state index contributed by atoms with van der Waals surface area (Å²) in [6.45, 7) is 0. The molecule has 1 atom stereocenters. The Balaban J connectivity index is 2.08. The van der Waals surface area contributed by atoms with E-state index in [1.165, 1.54) is 30.3 Å². The summed E-state index contributed by atoms with van der Waals surface area (Å²) in [5, 5.41) is 23.8. The van der Waals surface area contributed by atoms with Crippen molar-refractivity contribution in [2.24, 2.45) is 0 Å². The SMILES string of the molecule is O=[N+]([O-])c1ccc([C@@H]2Nc3cc(Cl)c(Cl)cc3S(=O)(=O)N2O)cc1. The van der Waals surface area contributed by atoms with E-state index in [9.17, 15) is 23.7 Å². The van der Waals surface area contributed by atoms with Crippen molar-refractivity contribution in [1.82, 2.24) is 4.47 Å². The van der Waals surface area contributed by atoms with Crippen LogP contribution in [-0.2, 0) is 10.0 Å². The lowest BCUT2D eigenvalue weighted by atomic mass is 10.1. The summed E-state index contributed by atoms with van der Waals surface area (Å²) in [5.41, 5.74) is 0.318. The van der Waals surface area contributed by atoms with Gasteiger partial charge in [0.1, 0.15) is 11.1 Å². The predicted molar refractivity (Wildman–Crippen MR) is 86.7 cm³/mol. The summed E-state index contributed by atoms with van der Waals surface area (Å²) in [4.78, 5) is 9.89. The van der Waals surface area contributed by atoms with Gasteiger partial charge < -0.3 is 5.32 Å². The number of nitro benzene ring substituents is 1. The van der Waals surface area contributed by atoms with Crippen LogP contribution >= 0.6 is 23.2 Å². The van der Waals surface area contributed by atoms with Crippen molar-refractivity contribution >= 4 is 44.6 Å². The predicted octanol–water partition coefficient (Wildman–Crippen LogP) is 3.41. The standard InChI is InChI=1S/C13H9Cl2N3O5S/c14-9-5-11-12(6-10(9)15)24(22,23)18(21)13(16-11)7-1-3-8(4-2-7)17(19)20/h1-6,13,16,21H/t13-/m1/s1. The number of nitrogens with zero attached hydrogens (tertiary/aromatic N) is 2. The largest absolute Gasteiger partial charge is 0.362 e. The fraction of sp³-hybridized carbons (Fsp3) is 0.0769. The van der Waals surface area contributed by atoms with E-state index in [0.29, 0.717) is 5.56 Å². The van der Waals surface area contributed by atoms with Crippen molar-refractivity contribution in [2.45, 2.75) is 11.1 Å². The molecule has 0 aromatic heterocycles. The normalized spacial score (nSPS) is 19.4. The first-order chi connectivity index (χ1) is 11.2. The smallest absolute Gasteiger partial charge is 0.269 e. The Hall–Kier alpha value is -1.91. The van der Waals surface area contributed by atoms with Crippen molar-refractivity contribution in [3.63, 3.8) is 0 Å². The van der Waals surface area contributed by atoms with E-state index in [1.54, 1.807) is 0 Å². The van der Waals surface area contributed by atoms with Crippen LogP contribution in [0.2, 0.25) is 10.0 Å². The number of hydrogen-bond acceptors (Lipinski definition) is 6. The molecule has 1 heterocycles. The molecule has 0 amide bonds. The molecule has 2 aromatic rings. The molecule has 3 rings (SSSR count). The number of anilines is 1. The molecule has 1 aliphatic rings. The fourth-order valence-electron chi connectivity index (χ4n) is 2.29. The molecule has 24 heavy (non-hydrogen) atoms. The molecule has 126 valence electrons. The summed E-state index contributed by atoms with van der Waals surface area (Å²) in [5.74, 6) is 0. The molecule has 0 aliphatic carbocycles. The zero-order valence-electron chi connectivity index (χ0n) is 11.7. The summed E-state index contributed by atoms with van der Waals surface area (Å²) in [6, 6.07) is 7.58. The van der Waals surface area contributed by atoms with Gasteiger partial charge in [0, 0.05) is 12.1 Å². The molecule has 0 radical (unpaired) electrons. The average Bonchev–Trinajstić information content (AvgIpc) is 2.53. The highest BCUT2D eigenvalue weighted by atomic mass is 35.5. The van der Waals surface area contributed by atoms with E-state index in [0.717, 1.165) is 6.07 Å². The van der Waals surface area contributed by atoms with Gasteiger partial charge in [-0.3, -0.25) is 15.3 Å². The number of nitrogens with one attached hydrogen (secondary N) is 1. The number of hydrogen-bond donors (Lipinski definition) is 2. The number of halogens is 2. The molecule has 8 nitrogen and oxygen atoms in total. The second-order valence-corrected chi connectivity index (χ2v) is 7.51. The lowest BCUT2D eigenvalue weighted by Crippen LogP contribution is -2.40. The van der Waals surface area contributed by atoms with Crippen LogP contribution in [0.4, 0.5) is 11.4 Å². The van der Waals surface area contributed by atoms with E-state index in [-0.39, 0.29) is 30.8 Å². The van der Waals surface area contributed by atoms with Crippen LogP contribution in [0.5, 0.6) is 0 Å². The first-order valence-electron chi connectivity index (χ1n) is 6.45. The topological polar surface area (TPSA) is 113 Å². The van der Waals surface area contributed by atoms with Gasteiger partial charge >= 0.3 is 0 Å². The summed E-state index contributed by atoms with van der Waals surface area (Å²) >= 11 is 11.7. The van der Waals surface area contributed by atoms with Crippen LogP contribution in [0.15, 0.2) is 41.3 Å². The minimum atomic E-state index is -4.23. The zero-order valence-corrected chi connectivity index (χ0v) is 14.0. The number of sulfonamides is 1. The van der Waals surface area contributed by atoms with Crippen molar-refractivity contribution < 1.29 is 18.5 Å². The van der Waals surface area contributed by atoms with Crippen molar-refractivity contribution in [1.29, 1.82) is 0 Å². The van der Waals surface area contributed by atoms with Gasteiger partial charge in [0.25, 0.3) is 15.7 Å². The van der Waals surface area contributed by atoms with Gasteiger partial charge in [0.05, 0.1) is 20.7 Å². The van der Waals surface area contributed by atoms with Crippen LogP contribution in [0.3, 0.4) is 0 Å². The van der Waals surface area contributed by atoms with Crippen LogP contribution in [0.1, 0.15) is 11.7 Å². The number of hydroxylamine groups is 1. The van der Waals surface area contributed by atoms with E-state index in [1.807, 2.05) is 0 Å². The lowest BCUT2D eigenvalue weighted by Gasteiger charge is -2.33. The third-order valence-corrected chi connectivity index (χ3v) is 5.80. The van der Waals surface area contributed by atoms with Crippen LogP contribution in [0.25, 0.3) is 0 Å². The molecule has 1 aliphatic heterocycles. The fourth-order valence-corrected chi connectivity index (χ4v) is 3.99. The molecular formula is C13H9Cl2N3O5S. The third-order valence-electron chi connectivity index (χ3n) is 3.48. The number of non-ortho nitro benzene ring substituents is 1. The number of nitro groups is 1. The monoisotopic (exact) mass is 389 g/mol. The van der Waals surface area contributed by atoms with Crippen LogP contribution in [-0.4, -0.2) is 23.0 Å². The van der Waals surface area contributed by atoms with Crippen molar-refractivity contribution in [2.75, 3.05) is 5.32 Å². The molecule has 0 saturated carbocycles. The minimum absolute atomic E-state index is 0.0305. The minimum Gasteiger partial charge on any atom is -0.362 e. The molecule has 0 fully saturated rings. The first-order valence-corrected chi connectivity index (χ1v) is 8.64. The lowest BCUT2D eigenvalue weighted by molar-refractivity contribution is -0.384. The molecule has 0 bridgehead atoms. The van der Waals surface area contributed by atoms with E-state index in [4.69, 9.17) is 23.2 Å². The Morgan fingerprint density at radius 2 is 1.75 bits per heavy atom. The van der Waals surface area contributed by atoms with Gasteiger partial charge in [-0.15, -0.1) is 0 Å². The maximum absolute atomic E-state index is 12.5. The highest BCUT2D eigenvalue weighted by Gasteiger charge is 2.39. The second-order valence-electron chi connectivity index (χ2n) is 4.94. The van der Waals surface area contributed by atoms with Crippen LogP contribution < -0.4 is 5.32 Å². The highest BCUT2D eigenvalue weighted by Crippen LogP contribution is 2.40. The second kappa shape index (κ2) is 5.87. The highest BCUT2D eigenvalue weighted by molar-refractivity contribution is 7.89. The van der Waals surface area contributed by atoms with Gasteiger partial charge in [-0.25, -0.2) is 8.42 Å². The maximum Gasteiger partial charge on any atom is 0.269 e. The molecule has 0 spiro atoms. The van der Waals surface area contributed by atoms with Gasteiger partial charge in [-0.2, -0.15) is 0 Å². The molecular weight excluding hydrogens is 381 g/mol.